The van der Waals surface area contributed by atoms with Crippen molar-refractivity contribution < 1.29 is 32.6 Å². The molecule has 3 atom stereocenters. The summed E-state index contributed by atoms with van der Waals surface area (Å²) in [6, 6.07) is 1.83. The van der Waals surface area contributed by atoms with Crippen molar-refractivity contribution in [3.8, 4) is 5.75 Å². The molecule has 2 heterocycles. The predicted octanol–water partition coefficient (Wildman–Crippen LogP) is 2.40. The molecule has 2 unspecified atom stereocenters. The van der Waals surface area contributed by atoms with Crippen molar-refractivity contribution in [2.24, 2.45) is 11.7 Å². The maximum Gasteiger partial charge on any atom is 0.342 e. The molecule has 3 rings (SSSR count). The molecule has 256 valence electrons. The second-order valence-electron chi connectivity index (χ2n) is 13.4. The number of carbonyl (C=O) groups is 3. The van der Waals surface area contributed by atoms with E-state index in [4.69, 9.17) is 10.5 Å². The Morgan fingerprint density at radius 2 is 1.76 bits per heavy atom. The third kappa shape index (κ3) is 11.7. The standard InChI is InChI=1S/C32H50N6O7S/c1-21(2)8-10-23(12-15-46(43,44)38-13-6-7-14-38)36-30(41)27(18-24-19-34-20-35-24)37-29(40)26(33)16-22-9-11-25(28(39)17-22)31(42)45-32(3,4)5/h9,11,17,19-21,23,26-27,39H,6-8,10,12-16,18,33H2,1-5H3,(H,34,35)(H,36,41)(H,37,40)/t23-,26?,27?/m0/s1. The highest BCUT2D eigenvalue weighted by Crippen LogP contribution is 2.23. The first-order valence-corrected chi connectivity index (χ1v) is 17.5. The lowest BCUT2D eigenvalue weighted by molar-refractivity contribution is -0.130. The van der Waals surface area contributed by atoms with E-state index in [-0.39, 0.29) is 36.3 Å². The monoisotopic (exact) mass is 662 g/mol. The number of nitrogens with one attached hydrogen (secondary N) is 3. The van der Waals surface area contributed by atoms with Crippen LogP contribution in [0.3, 0.4) is 0 Å². The van der Waals surface area contributed by atoms with Crippen LogP contribution in [-0.2, 0) is 37.2 Å². The normalized spacial score (nSPS) is 16.2. The summed E-state index contributed by atoms with van der Waals surface area (Å²) in [4.78, 5) is 46.3. The number of aromatic nitrogens is 2. The first-order valence-electron chi connectivity index (χ1n) is 15.9. The lowest BCUT2D eigenvalue weighted by Crippen LogP contribution is -2.54. The van der Waals surface area contributed by atoms with E-state index in [0.29, 0.717) is 36.7 Å². The SMILES string of the molecule is CC(C)CC[C@@H](CCS(=O)(=O)N1CCCC1)NC(=O)C(Cc1c[nH]cn1)NC(=O)C(N)Cc1ccc(C(=O)OC(C)(C)C)c(O)c1. The molecule has 13 nitrogen and oxygen atoms in total. The molecule has 1 aliphatic heterocycles. The van der Waals surface area contributed by atoms with Crippen molar-refractivity contribution in [1.82, 2.24) is 24.9 Å². The molecule has 6 N–H and O–H groups in total. The number of aromatic amines is 1. The molecule has 0 bridgehead atoms. The van der Waals surface area contributed by atoms with Crippen molar-refractivity contribution in [1.29, 1.82) is 0 Å². The second-order valence-corrected chi connectivity index (χ2v) is 15.5. The smallest absolute Gasteiger partial charge is 0.342 e. The number of H-pyrrole nitrogens is 1. The average Bonchev–Trinajstić information content (AvgIpc) is 3.68. The summed E-state index contributed by atoms with van der Waals surface area (Å²) < 4.78 is 32.6. The summed E-state index contributed by atoms with van der Waals surface area (Å²) in [6.07, 6.45) is 6.53. The van der Waals surface area contributed by atoms with Crippen LogP contribution in [0.1, 0.15) is 88.3 Å². The van der Waals surface area contributed by atoms with E-state index in [0.717, 1.165) is 19.3 Å². The molecule has 1 aromatic carbocycles. The van der Waals surface area contributed by atoms with Gasteiger partial charge in [-0.15, -0.1) is 0 Å². The van der Waals surface area contributed by atoms with Crippen LogP contribution in [-0.4, -0.2) is 88.2 Å². The number of aromatic hydroxyl groups is 1. The molecule has 0 saturated carbocycles. The molecule has 14 heteroatoms. The van der Waals surface area contributed by atoms with Gasteiger partial charge in [-0.3, -0.25) is 9.59 Å². The van der Waals surface area contributed by atoms with Gasteiger partial charge >= 0.3 is 5.97 Å². The van der Waals surface area contributed by atoms with E-state index in [1.165, 1.54) is 22.8 Å². The first kappa shape index (κ1) is 37.0. The summed E-state index contributed by atoms with van der Waals surface area (Å²) in [6.45, 7) is 10.3. The van der Waals surface area contributed by atoms with E-state index in [1.807, 2.05) is 0 Å². The number of phenols is 1. The third-order valence-electron chi connectivity index (χ3n) is 7.70. The molecule has 0 radical (unpaired) electrons. The van der Waals surface area contributed by atoms with Gasteiger partial charge in [-0.1, -0.05) is 19.9 Å². The Balaban J connectivity index is 1.69. The van der Waals surface area contributed by atoms with Gasteiger partial charge in [0.25, 0.3) is 0 Å². The zero-order valence-corrected chi connectivity index (χ0v) is 28.4. The fourth-order valence-electron chi connectivity index (χ4n) is 5.17. The Bertz CT molecular complexity index is 1420. The average molecular weight is 663 g/mol. The molecular formula is C32H50N6O7S. The van der Waals surface area contributed by atoms with E-state index >= 15 is 0 Å². The van der Waals surface area contributed by atoms with Gasteiger partial charge in [0, 0.05) is 31.7 Å². The molecule has 0 spiro atoms. The fourth-order valence-corrected chi connectivity index (χ4v) is 6.82. The number of nitrogens with zero attached hydrogens (tertiary/aromatic N) is 2. The highest BCUT2D eigenvalue weighted by molar-refractivity contribution is 7.89. The highest BCUT2D eigenvalue weighted by atomic mass is 32.2. The van der Waals surface area contributed by atoms with Gasteiger partial charge in [0.15, 0.2) is 0 Å². The molecule has 2 aromatic rings. The van der Waals surface area contributed by atoms with Crippen LogP contribution < -0.4 is 16.4 Å². The molecule has 0 aliphatic carbocycles. The van der Waals surface area contributed by atoms with E-state index in [1.54, 1.807) is 33.0 Å². The largest absolute Gasteiger partial charge is 0.507 e. The summed E-state index contributed by atoms with van der Waals surface area (Å²) >= 11 is 0. The van der Waals surface area contributed by atoms with E-state index < -0.39 is 51.5 Å². The minimum atomic E-state index is -3.43. The van der Waals surface area contributed by atoms with Crippen LogP contribution in [0.15, 0.2) is 30.7 Å². The topological polar surface area (TPSA) is 197 Å². The van der Waals surface area contributed by atoms with Crippen molar-refractivity contribution in [3.05, 3.63) is 47.5 Å². The number of nitrogens with two attached hydrogens (primary N) is 1. The number of sulfonamides is 1. The van der Waals surface area contributed by atoms with Gasteiger partial charge in [0.2, 0.25) is 21.8 Å². The van der Waals surface area contributed by atoms with Gasteiger partial charge in [0.1, 0.15) is 23.0 Å². The van der Waals surface area contributed by atoms with Gasteiger partial charge in [-0.25, -0.2) is 22.5 Å². The van der Waals surface area contributed by atoms with Gasteiger partial charge < -0.3 is 31.2 Å². The number of imidazole rings is 1. The number of benzene rings is 1. The number of phenolic OH excluding ortho intramolecular Hbond substituents is 1. The minimum absolute atomic E-state index is 0.00677. The van der Waals surface area contributed by atoms with Crippen molar-refractivity contribution >= 4 is 27.8 Å². The molecule has 1 aromatic heterocycles. The van der Waals surface area contributed by atoms with Crippen LogP contribution in [0.5, 0.6) is 5.75 Å². The molecule has 1 aliphatic rings. The van der Waals surface area contributed by atoms with Crippen molar-refractivity contribution in [2.75, 3.05) is 18.8 Å². The van der Waals surface area contributed by atoms with Crippen LogP contribution >= 0.6 is 0 Å². The zero-order chi connectivity index (χ0) is 34.1. The number of rotatable bonds is 16. The number of amides is 2. The first-order chi connectivity index (χ1) is 21.5. The van der Waals surface area contributed by atoms with Crippen LogP contribution in [0.25, 0.3) is 0 Å². The Labute approximate surface area is 272 Å². The van der Waals surface area contributed by atoms with Crippen molar-refractivity contribution in [3.63, 3.8) is 0 Å². The summed E-state index contributed by atoms with van der Waals surface area (Å²) in [5.74, 6) is -1.75. The minimum Gasteiger partial charge on any atom is -0.507 e. The number of ether oxygens (including phenoxy) is 1. The van der Waals surface area contributed by atoms with Gasteiger partial charge in [0.05, 0.1) is 23.8 Å². The lowest BCUT2D eigenvalue weighted by Gasteiger charge is -2.25. The fraction of sp³-hybridized carbons (Fsp3) is 0.625. The van der Waals surface area contributed by atoms with Crippen molar-refractivity contribution in [2.45, 2.75) is 103 Å². The summed E-state index contributed by atoms with van der Waals surface area (Å²) in [5, 5.41) is 16.2. The van der Waals surface area contributed by atoms with Gasteiger partial charge in [-0.2, -0.15) is 0 Å². The highest BCUT2D eigenvalue weighted by Gasteiger charge is 2.30. The molecule has 1 fully saturated rings. The maximum atomic E-state index is 13.6. The lowest BCUT2D eigenvalue weighted by atomic mass is 10.0. The molecular weight excluding hydrogens is 612 g/mol. The molecule has 1 saturated heterocycles. The summed E-state index contributed by atoms with van der Waals surface area (Å²) in [7, 11) is -3.43. The van der Waals surface area contributed by atoms with E-state index in [9.17, 15) is 27.9 Å². The van der Waals surface area contributed by atoms with Crippen LogP contribution in [0.4, 0.5) is 0 Å². The summed E-state index contributed by atoms with van der Waals surface area (Å²) in [5.41, 5.74) is 6.54. The molecule has 2 amide bonds. The molecule has 46 heavy (non-hydrogen) atoms. The second kappa shape index (κ2) is 16.4. The van der Waals surface area contributed by atoms with Crippen LogP contribution in [0.2, 0.25) is 0 Å². The number of esters is 1. The number of hydrogen-bond donors (Lipinski definition) is 5. The Morgan fingerprint density at radius 3 is 2.35 bits per heavy atom. The Morgan fingerprint density at radius 1 is 1.07 bits per heavy atom. The Kier molecular flexibility index (Phi) is 13.2. The quantitative estimate of drug-likeness (QED) is 0.168. The van der Waals surface area contributed by atoms with Crippen LogP contribution in [0, 0.1) is 5.92 Å². The predicted molar refractivity (Wildman–Crippen MR) is 174 cm³/mol. The number of carbonyl (C=O) groups excluding carboxylic acids is 3. The third-order valence-corrected chi connectivity index (χ3v) is 9.60. The Hall–Kier alpha value is -3.49. The zero-order valence-electron chi connectivity index (χ0n) is 27.5. The van der Waals surface area contributed by atoms with Gasteiger partial charge in [-0.05, 0) is 82.9 Å². The number of hydrogen-bond acceptors (Lipinski definition) is 9. The maximum absolute atomic E-state index is 13.6. The van der Waals surface area contributed by atoms with E-state index in [2.05, 4.69) is 34.4 Å².